The molecule has 2 aromatic rings. The van der Waals surface area contributed by atoms with Gasteiger partial charge in [0.25, 0.3) is 5.91 Å². The van der Waals surface area contributed by atoms with Crippen molar-refractivity contribution in [2.24, 2.45) is 0 Å². The van der Waals surface area contributed by atoms with Crippen LogP contribution in [0.15, 0.2) is 18.5 Å². The van der Waals surface area contributed by atoms with Crippen molar-refractivity contribution >= 4 is 11.7 Å². The highest BCUT2D eigenvalue weighted by atomic mass is 16.2. The molecule has 2 aromatic heterocycles. The van der Waals surface area contributed by atoms with Crippen LogP contribution < -0.4 is 5.73 Å². The Bertz CT molecular complexity index is 724. The zero-order valence-electron chi connectivity index (χ0n) is 13.6. The molecule has 2 N–H and O–H groups in total. The minimum Gasteiger partial charge on any atom is -0.384 e. The molecule has 1 aliphatic rings. The molecular formula is C16H20N6O. The summed E-state index contributed by atoms with van der Waals surface area (Å²) in [7, 11) is 0. The molecule has 7 nitrogen and oxygen atoms in total. The summed E-state index contributed by atoms with van der Waals surface area (Å²) in [5.74, 6) is 1.55. The lowest BCUT2D eigenvalue weighted by Gasteiger charge is -2.34. The SMILES string of the molecule is Cc1cc(N)nc([C@@]2(C)CCCN2C(=O)c2cnc(C)nc2)n1. The average molecular weight is 312 g/mol. The number of likely N-dealkylation sites (tertiary alicyclic amines) is 1. The number of anilines is 1. The third-order valence-corrected chi connectivity index (χ3v) is 4.27. The van der Waals surface area contributed by atoms with E-state index in [1.54, 1.807) is 30.3 Å². The summed E-state index contributed by atoms with van der Waals surface area (Å²) < 4.78 is 0. The van der Waals surface area contributed by atoms with E-state index in [2.05, 4.69) is 19.9 Å². The normalized spacial score (nSPS) is 20.7. The molecule has 1 saturated heterocycles. The second-order valence-electron chi connectivity index (χ2n) is 6.11. The van der Waals surface area contributed by atoms with Gasteiger partial charge in [-0.15, -0.1) is 0 Å². The molecule has 3 heterocycles. The van der Waals surface area contributed by atoms with Gasteiger partial charge < -0.3 is 10.6 Å². The van der Waals surface area contributed by atoms with Gasteiger partial charge in [-0.05, 0) is 33.6 Å². The third kappa shape index (κ3) is 2.74. The van der Waals surface area contributed by atoms with Gasteiger partial charge in [-0.1, -0.05) is 0 Å². The van der Waals surface area contributed by atoms with Crippen LogP contribution in [0, 0.1) is 13.8 Å². The van der Waals surface area contributed by atoms with Crippen molar-refractivity contribution in [3.63, 3.8) is 0 Å². The number of amides is 1. The van der Waals surface area contributed by atoms with Crippen molar-refractivity contribution < 1.29 is 4.79 Å². The van der Waals surface area contributed by atoms with Crippen LogP contribution in [0.2, 0.25) is 0 Å². The molecule has 0 unspecified atom stereocenters. The highest BCUT2D eigenvalue weighted by Crippen LogP contribution is 2.37. The fourth-order valence-corrected chi connectivity index (χ4v) is 3.01. The molecule has 0 aliphatic carbocycles. The molecule has 1 atom stereocenters. The molecule has 0 saturated carbocycles. The van der Waals surface area contributed by atoms with Crippen molar-refractivity contribution in [3.05, 3.63) is 41.4 Å². The fourth-order valence-electron chi connectivity index (χ4n) is 3.01. The largest absolute Gasteiger partial charge is 0.384 e. The Labute approximate surface area is 135 Å². The van der Waals surface area contributed by atoms with Gasteiger partial charge in [-0.3, -0.25) is 4.79 Å². The van der Waals surface area contributed by atoms with Crippen molar-refractivity contribution in [2.45, 2.75) is 39.2 Å². The Balaban J connectivity index is 1.98. The van der Waals surface area contributed by atoms with Crippen LogP contribution in [-0.4, -0.2) is 37.3 Å². The number of aryl methyl sites for hydroxylation is 2. The summed E-state index contributed by atoms with van der Waals surface area (Å²) in [4.78, 5) is 31.8. The van der Waals surface area contributed by atoms with E-state index in [0.717, 1.165) is 18.5 Å². The van der Waals surface area contributed by atoms with E-state index in [1.807, 2.05) is 13.8 Å². The van der Waals surface area contributed by atoms with Crippen LogP contribution in [-0.2, 0) is 5.54 Å². The monoisotopic (exact) mass is 312 g/mol. The number of nitrogen functional groups attached to an aromatic ring is 1. The minimum absolute atomic E-state index is 0.103. The van der Waals surface area contributed by atoms with E-state index in [0.29, 0.717) is 29.6 Å². The molecular weight excluding hydrogens is 292 g/mol. The van der Waals surface area contributed by atoms with Gasteiger partial charge in [0.2, 0.25) is 0 Å². The van der Waals surface area contributed by atoms with Crippen molar-refractivity contribution in [1.82, 2.24) is 24.8 Å². The predicted octanol–water partition coefficient (Wildman–Crippen LogP) is 1.62. The quantitative estimate of drug-likeness (QED) is 0.904. The van der Waals surface area contributed by atoms with E-state index < -0.39 is 5.54 Å². The van der Waals surface area contributed by atoms with Gasteiger partial charge in [0, 0.05) is 30.7 Å². The number of hydrogen-bond acceptors (Lipinski definition) is 6. The maximum absolute atomic E-state index is 12.9. The van der Waals surface area contributed by atoms with E-state index >= 15 is 0 Å². The summed E-state index contributed by atoms with van der Waals surface area (Å²) in [6.07, 6.45) is 4.82. The van der Waals surface area contributed by atoms with Gasteiger partial charge in [0.15, 0.2) is 5.82 Å². The Morgan fingerprint density at radius 1 is 1.26 bits per heavy atom. The second-order valence-corrected chi connectivity index (χ2v) is 6.11. The van der Waals surface area contributed by atoms with Crippen LogP contribution in [0.4, 0.5) is 5.82 Å². The number of aromatic nitrogens is 4. The highest BCUT2D eigenvalue weighted by molar-refractivity contribution is 5.94. The summed E-state index contributed by atoms with van der Waals surface area (Å²) >= 11 is 0. The summed E-state index contributed by atoms with van der Waals surface area (Å²) in [5, 5.41) is 0. The van der Waals surface area contributed by atoms with Crippen LogP contribution >= 0.6 is 0 Å². The first-order chi connectivity index (χ1) is 10.9. The number of carbonyl (C=O) groups excluding carboxylic acids is 1. The van der Waals surface area contributed by atoms with Gasteiger partial charge in [-0.2, -0.15) is 0 Å². The summed E-state index contributed by atoms with van der Waals surface area (Å²) in [5.41, 5.74) is 6.57. The zero-order valence-corrected chi connectivity index (χ0v) is 13.6. The van der Waals surface area contributed by atoms with E-state index in [1.165, 1.54) is 0 Å². The summed E-state index contributed by atoms with van der Waals surface area (Å²) in [6, 6.07) is 1.72. The van der Waals surface area contributed by atoms with Crippen LogP contribution in [0.3, 0.4) is 0 Å². The van der Waals surface area contributed by atoms with Gasteiger partial charge in [0.1, 0.15) is 17.2 Å². The molecule has 120 valence electrons. The first kappa shape index (κ1) is 15.3. The van der Waals surface area contributed by atoms with Gasteiger partial charge in [0.05, 0.1) is 5.56 Å². The lowest BCUT2D eigenvalue weighted by atomic mass is 9.97. The van der Waals surface area contributed by atoms with Crippen LogP contribution in [0.25, 0.3) is 0 Å². The number of carbonyl (C=O) groups is 1. The lowest BCUT2D eigenvalue weighted by Crippen LogP contribution is -2.44. The smallest absolute Gasteiger partial charge is 0.257 e. The van der Waals surface area contributed by atoms with E-state index in [4.69, 9.17) is 5.73 Å². The second kappa shape index (κ2) is 5.57. The third-order valence-electron chi connectivity index (χ3n) is 4.27. The van der Waals surface area contributed by atoms with Crippen LogP contribution in [0.1, 0.15) is 47.5 Å². The first-order valence-corrected chi connectivity index (χ1v) is 7.62. The fraction of sp³-hybridized carbons (Fsp3) is 0.438. The zero-order chi connectivity index (χ0) is 16.6. The van der Waals surface area contributed by atoms with Crippen molar-refractivity contribution in [1.29, 1.82) is 0 Å². The lowest BCUT2D eigenvalue weighted by molar-refractivity contribution is 0.0603. The average Bonchev–Trinajstić information content (AvgIpc) is 2.89. The number of nitrogens with two attached hydrogens (primary N) is 1. The Hall–Kier alpha value is -2.57. The predicted molar refractivity (Wildman–Crippen MR) is 85.6 cm³/mol. The van der Waals surface area contributed by atoms with Crippen LogP contribution in [0.5, 0.6) is 0 Å². The number of rotatable bonds is 2. The maximum Gasteiger partial charge on any atom is 0.257 e. The molecule has 1 fully saturated rings. The number of nitrogens with zero attached hydrogens (tertiary/aromatic N) is 5. The topological polar surface area (TPSA) is 97.9 Å². The highest BCUT2D eigenvalue weighted by Gasteiger charge is 2.44. The molecule has 0 spiro atoms. The number of hydrogen-bond donors (Lipinski definition) is 1. The Morgan fingerprint density at radius 3 is 2.61 bits per heavy atom. The maximum atomic E-state index is 12.9. The van der Waals surface area contributed by atoms with Crippen molar-refractivity contribution in [3.8, 4) is 0 Å². The molecule has 1 aliphatic heterocycles. The molecule has 0 aromatic carbocycles. The molecule has 0 radical (unpaired) electrons. The standard InChI is InChI=1S/C16H20N6O/c1-10-7-13(17)21-15(20-10)16(3)5-4-6-22(16)14(23)12-8-18-11(2)19-9-12/h7-9H,4-6H2,1-3H3,(H2,17,20,21)/t16-/m1/s1. The Kier molecular flexibility index (Phi) is 3.71. The van der Waals surface area contributed by atoms with Gasteiger partial charge >= 0.3 is 0 Å². The first-order valence-electron chi connectivity index (χ1n) is 7.62. The summed E-state index contributed by atoms with van der Waals surface area (Å²) in [6.45, 7) is 6.30. The van der Waals surface area contributed by atoms with Crippen molar-refractivity contribution in [2.75, 3.05) is 12.3 Å². The molecule has 23 heavy (non-hydrogen) atoms. The molecule has 7 heteroatoms. The molecule has 1 amide bonds. The van der Waals surface area contributed by atoms with E-state index in [9.17, 15) is 4.79 Å². The molecule has 3 rings (SSSR count). The Morgan fingerprint density at radius 2 is 1.96 bits per heavy atom. The molecule has 0 bridgehead atoms. The minimum atomic E-state index is -0.567. The van der Waals surface area contributed by atoms with Gasteiger partial charge in [-0.25, -0.2) is 19.9 Å². The van der Waals surface area contributed by atoms with E-state index in [-0.39, 0.29) is 5.91 Å².